The zero-order chi connectivity index (χ0) is 10.4. The van der Waals surface area contributed by atoms with Crippen LogP contribution >= 0.6 is 0 Å². The minimum Gasteiger partial charge on any atom is -0.504 e. The molecular formula is C10H14O4. The second-order valence-corrected chi connectivity index (χ2v) is 2.68. The Morgan fingerprint density at radius 2 is 1.86 bits per heavy atom. The van der Waals surface area contributed by atoms with Crippen molar-refractivity contribution in [2.45, 2.75) is 6.29 Å². The van der Waals surface area contributed by atoms with Crippen LogP contribution in [0.5, 0.6) is 11.5 Å². The minimum atomic E-state index is -0.422. The van der Waals surface area contributed by atoms with Crippen LogP contribution < -0.4 is 4.74 Å². The maximum absolute atomic E-state index is 9.36. The molecule has 1 N–H and O–H groups in total. The number of ether oxygens (including phenoxy) is 3. The average molecular weight is 198 g/mol. The fourth-order valence-corrected chi connectivity index (χ4v) is 0.969. The van der Waals surface area contributed by atoms with E-state index in [1.807, 2.05) is 0 Å². The summed E-state index contributed by atoms with van der Waals surface area (Å²) >= 11 is 0. The molecule has 0 atom stereocenters. The van der Waals surface area contributed by atoms with Gasteiger partial charge in [-0.05, 0) is 12.1 Å². The van der Waals surface area contributed by atoms with Crippen LogP contribution in [0.25, 0.3) is 0 Å². The van der Waals surface area contributed by atoms with Crippen molar-refractivity contribution in [3.8, 4) is 11.5 Å². The summed E-state index contributed by atoms with van der Waals surface area (Å²) < 4.78 is 15.1. The molecule has 0 aliphatic rings. The van der Waals surface area contributed by atoms with Crippen LogP contribution in [0.1, 0.15) is 0 Å². The molecule has 0 unspecified atom stereocenters. The van der Waals surface area contributed by atoms with Gasteiger partial charge in [0.25, 0.3) is 0 Å². The topological polar surface area (TPSA) is 47.9 Å². The van der Waals surface area contributed by atoms with E-state index in [9.17, 15) is 5.11 Å². The minimum absolute atomic E-state index is 0.110. The first-order valence-electron chi connectivity index (χ1n) is 4.24. The van der Waals surface area contributed by atoms with Crippen LogP contribution in [0.15, 0.2) is 24.3 Å². The van der Waals surface area contributed by atoms with E-state index in [0.29, 0.717) is 5.75 Å². The van der Waals surface area contributed by atoms with Gasteiger partial charge in [-0.2, -0.15) is 0 Å². The number of hydrogen-bond acceptors (Lipinski definition) is 4. The number of para-hydroxylation sites is 2. The Balaban J connectivity index is 2.49. The van der Waals surface area contributed by atoms with Gasteiger partial charge in [0.05, 0.1) is 0 Å². The number of rotatable bonds is 5. The first-order valence-corrected chi connectivity index (χ1v) is 4.24. The summed E-state index contributed by atoms with van der Waals surface area (Å²) in [5, 5.41) is 9.36. The van der Waals surface area contributed by atoms with Gasteiger partial charge >= 0.3 is 0 Å². The van der Waals surface area contributed by atoms with E-state index in [0.717, 1.165) is 0 Å². The molecule has 0 aromatic heterocycles. The van der Waals surface area contributed by atoms with Crippen molar-refractivity contribution in [1.82, 2.24) is 0 Å². The first kappa shape index (κ1) is 10.8. The fourth-order valence-electron chi connectivity index (χ4n) is 0.969. The largest absolute Gasteiger partial charge is 0.504 e. The van der Waals surface area contributed by atoms with Gasteiger partial charge in [0.2, 0.25) is 0 Å². The number of hydrogen-bond donors (Lipinski definition) is 1. The lowest BCUT2D eigenvalue weighted by atomic mass is 10.3. The molecule has 0 bridgehead atoms. The summed E-state index contributed by atoms with van der Waals surface area (Å²) in [6.45, 7) is 0.241. The smallest absolute Gasteiger partial charge is 0.191 e. The van der Waals surface area contributed by atoms with E-state index < -0.39 is 6.29 Å². The molecule has 1 rings (SSSR count). The summed E-state index contributed by atoms with van der Waals surface area (Å²) in [5.41, 5.74) is 0. The van der Waals surface area contributed by atoms with Crippen LogP contribution in [0.3, 0.4) is 0 Å². The van der Waals surface area contributed by atoms with Crippen LogP contribution in [0, 0.1) is 0 Å². The molecule has 0 fully saturated rings. The Morgan fingerprint density at radius 1 is 1.21 bits per heavy atom. The van der Waals surface area contributed by atoms with Crippen molar-refractivity contribution < 1.29 is 19.3 Å². The number of phenolic OH excluding ortho intramolecular Hbond substituents is 1. The molecule has 4 heteroatoms. The molecule has 1 aromatic rings. The predicted octanol–water partition coefficient (Wildman–Crippen LogP) is 1.39. The molecule has 0 radical (unpaired) electrons. The molecule has 1 aromatic carbocycles. The van der Waals surface area contributed by atoms with Crippen LogP contribution in [0.4, 0.5) is 0 Å². The Morgan fingerprint density at radius 3 is 2.43 bits per heavy atom. The van der Waals surface area contributed by atoms with Gasteiger partial charge in [-0.3, -0.25) is 0 Å². The maximum Gasteiger partial charge on any atom is 0.191 e. The third kappa shape index (κ3) is 2.90. The summed E-state index contributed by atoms with van der Waals surface area (Å²) in [6.07, 6.45) is -0.422. The Bertz CT molecular complexity index is 271. The van der Waals surface area contributed by atoms with Crippen LogP contribution in [-0.4, -0.2) is 32.2 Å². The Hall–Kier alpha value is -1.26. The molecule has 4 nitrogen and oxygen atoms in total. The lowest BCUT2D eigenvalue weighted by Gasteiger charge is -2.14. The van der Waals surface area contributed by atoms with E-state index >= 15 is 0 Å². The van der Waals surface area contributed by atoms with E-state index in [1.54, 1.807) is 24.3 Å². The molecule has 0 spiro atoms. The second kappa shape index (κ2) is 5.47. The highest BCUT2D eigenvalue weighted by Gasteiger charge is 2.07. The number of aromatic hydroxyl groups is 1. The summed E-state index contributed by atoms with van der Waals surface area (Å²) in [6, 6.07) is 6.75. The molecule has 0 aliphatic carbocycles. The average Bonchev–Trinajstić information content (AvgIpc) is 2.22. The number of benzene rings is 1. The molecule has 0 saturated heterocycles. The van der Waals surface area contributed by atoms with E-state index in [2.05, 4.69) is 0 Å². The van der Waals surface area contributed by atoms with Crippen molar-refractivity contribution in [3.05, 3.63) is 24.3 Å². The molecule has 0 aliphatic heterocycles. The van der Waals surface area contributed by atoms with E-state index in [1.165, 1.54) is 14.2 Å². The van der Waals surface area contributed by atoms with Crippen molar-refractivity contribution in [2.24, 2.45) is 0 Å². The third-order valence-electron chi connectivity index (χ3n) is 1.77. The molecule has 78 valence electrons. The number of methoxy groups -OCH3 is 2. The molecule has 0 heterocycles. The van der Waals surface area contributed by atoms with Gasteiger partial charge in [-0.1, -0.05) is 12.1 Å². The van der Waals surface area contributed by atoms with Crippen molar-refractivity contribution in [2.75, 3.05) is 20.8 Å². The Kier molecular flexibility index (Phi) is 4.22. The third-order valence-corrected chi connectivity index (χ3v) is 1.77. The Labute approximate surface area is 83.0 Å². The summed E-state index contributed by atoms with van der Waals surface area (Å²) in [4.78, 5) is 0. The zero-order valence-corrected chi connectivity index (χ0v) is 8.27. The lowest BCUT2D eigenvalue weighted by molar-refractivity contribution is -0.122. The van der Waals surface area contributed by atoms with Gasteiger partial charge in [-0.15, -0.1) is 0 Å². The van der Waals surface area contributed by atoms with Gasteiger partial charge in [-0.25, -0.2) is 0 Å². The van der Waals surface area contributed by atoms with Crippen LogP contribution in [-0.2, 0) is 9.47 Å². The quantitative estimate of drug-likeness (QED) is 0.726. The van der Waals surface area contributed by atoms with Crippen molar-refractivity contribution >= 4 is 0 Å². The van der Waals surface area contributed by atoms with Crippen molar-refractivity contribution in [3.63, 3.8) is 0 Å². The van der Waals surface area contributed by atoms with Gasteiger partial charge in [0.15, 0.2) is 17.8 Å². The summed E-state index contributed by atoms with van der Waals surface area (Å²) in [7, 11) is 3.06. The first-order chi connectivity index (χ1) is 6.77. The van der Waals surface area contributed by atoms with E-state index in [-0.39, 0.29) is 12.4 Å². The van der Waals surface area contributed by atoms with Gasteiger partial charge in [0, 0.05) is 14.2 Å². The lowest BCUT2D eigenvalue weighted by Crippen LogP contribution is -2.21. The monoisotopic (exact) mass is 198 g/mol. The highest BCUT2D eigenvalue weighted by Crippen LogP contribution is 2.24. The molecule has 0 amide bonds. The molecule has 14 heavy (non-hydrogen) atoms. The zero-order valence-electron chi connectivity index (χ0n) is 8.27. The maximum atomic E-state index is 9.36. The second-order valence-electron chi connectivity index (χ2n) is 2.68. The highest BCUT2D eigenvalue weighted by molar-refractivity contribution is 5.37. The highest BCUT2D eigenvalue weighted by atomic mass is 16.7. The van der Waals surface area contributed by atoms with Gasteiger partial charge < -0.3 is 19.3 Å². The standard InChI is InChI=1S/C10H14O4/c1-12-10(13-2)7-14-9-6-4-3-5-8(9)11/h3-6,10-11H,7H2,1-2H3. The number of phenols is 1. The van der Waals surface area contributed by atoms with Gasteiger partial charge in [0.1, 0.15) is 6.61 Å². The van der Waals surface area contributed by atoms with Crippen molar-refractivity contribution in [1.29, 1.82) is 0 Å². The van der Waals surface area contributed by atoms with E-state index in [4.69, 9.17) is 14.2 Å². The van der Waals surface area contributed by atoms with Crippen LogP contribution in [0.2, 0.25) is 0 Å². The summed E-state index contributed by atoms with van der Waals surface area (Å²) in [5.74, 6) is 0.532. The fraction of sp³-hybridized carbons (Fsp3) is 0.400. The molecule has 0 saturated carbocycles. The SMILES string of the molecule is COC(COc1ccccc1O)OC. The normalized spacial score (nSPS) is 10.5. The molecular weight excluding hydrogens is 184 g/mol. The predicted molar refractivity (Wildman–Crippen MR) is 51.4 cm³/mol.